The van der Waals surface area contributed by atoms with Crippen molar-refractivity contribution >= 4 is 16.8 Å². The topological polar surface area (TPSA) is 75.3 Å². The molecule has 1 amide bonds. The third-order valence-corrected chi connectivity index (χ3v) is 7.27. The number of rotatable bonds is 6. The van der Waals surface area contributed by atoms with E-state index in [1.54, 1.807) is 11.0 Å². The van der Waals surface area contributed by atoms with Gasteiger partial charge in [-0.15, -0.1) is 0 Å². The first-order chi connectivity index (χ1) is 17.8. The lowest BCUT2D eigenvalue weighted by atomic mass is 9.98. The van der Waals surface area contributed by atoms with E-state index in [1.807, 2.05) is 32.0 Å². The average Bonchev–Trinajstić information content (AvgIpc) is 3.39. The fourth-order valence-corrected chi connectivity index (χ4v) is 5.05. The molecule has 0 bridgehead atoms. The Hall–Kier alpha value is -3.77. The third-order valence-electron chi connectivity index (χ3n) is 7.27. The van der Waals surface area contributed by atoms with Gasteiger partial charge in [0.25, 0.3) is 11.5 Å². The second kappa shape index (κ2) is 10.3. The number of aryl methyl sites for hydroxylation is 4. The highest BCUT2D eigenvalue weighted by Gasteiger charge is 2.27. The molecule has 5 rings (SSSR count). The lowest BCUT2D eigenvalue weighted by molar-refractivity contribution is 0.0506. The van der Waals surface area contributed by atoms with Gasteiger partial charge in [-0.2, -0.15) is 0 Å². The second-order valence-electron chi connectivity index (χ2n) is 10.1. The zero-order valence-electron chi connectivity index (χ0n) is 21.9. The van der Waals surface area contributed by atoms with Gasteiger partial charge in [-0.25, -0.2) is 4.98 Å². The van der Waals surface area contributed by atoms with Gasteiger partial charge in [0, 0.05) is 36.3 Å². The van der Waals surface area contributed by atoms with Crippen LogP contribution in [0.5, 0.6) is 0 Å². The molecule has 0 aliphatic carbocycles. The number of carbonyl (C=O) groups is 1. The highest BCUT2D eigenvalue weighted by atomic mass is 16.5. The fraction of sp³-hybridized carbons (Fsp3) is 0.323. The van der Waals surface area contributed by atoms with Crippen LogP contribution in [0.25, 0.3) is 22.2 Å². The summed E-state index contributed by atoms with van der Waals surface area (Å²) in [7, 11) is 0. The van der Waals surface area contributed by atoms with Crippen LogP contribution in [0.15, 0.2) is 59.4 Å². The molecule has 1 unspecified atom stereocenters. The Labute approximate surface area is 217 Å². The minimum atomic E-state index is -0.364. The Morgan fingerprint density at radius 3 is 2.62 bits per heavy atom. The van der Waals surface area contributed by atoms with Crippen LogP contribution >= 0.6 is 0 Å². The molecule has 0 spiro atoms. The van der Waals surface area contributed by atoms with Gasteiger partial charge >= 0.3 is 0 Å². The maximum Gasteiger partial charge on any atom is 0.261 e. The highest BCUT2D eigenvalue weighted by molar-refractivity contribution is 5.94. The molecule has 1 saturated heterocycles. The summed E-state index contributed by atoms with van der Waals surface area (Å²) in [6, 6.07) is 18.2. The number of nitrogens with one attached hydrogen (secondary N) is 1. The van der Waals surface area contributed by atoms with Gasteiger partial charge < -0.3 is 14.6 Å². The molecule has 1 fully saturated rings. The first kappa shape index (κ1) is 24.9. The predicted octanol–water partition coefficient (Wildman–Crippen LogP) is 5.65. The van der Waals surface area contributed by atoms with E-state index in [0.717, 1.165) is 62.9 Å². The smallest absolute Gasteiger partial charge is 0.261 e. The van der Waals surface area contributed by atoms with Crippen molar-refractivity contribution in [1.29, 1.82) is 0 Å². The van der Waals surface area contributed by atoms with Crippen LogP contribution in [0, 0.1) is 27.7 Å². The summed E-state index contributed by atoms with van der Waals surface area (Å²) in [5.74, 6) is -0.292. The van der Waals surface area contributed by atoms with E-state index in [9.17, 15) is 9.59 Å². The predicted molar refractivity (Wildman–Crippen MR) is 147 cm³/mol. The Bertz CT molecular complexity index is 1530. The Morgan fingerprint density at radius 1 is 1.05 bits per heavy atom. The molecule has 1 aliphatic rings. The van der Waals surface area contributed by atoms with Gasteiger partial charge in [0.05, 0.1) is 17.3 Å². The molecule has 190 valence electrons. The van der Waals surface area contributed by atoms with Gasteiger partial charge in [-0.3, -0.25) is 9.59 Å². The monoisotopic (exact) mass is 495 g/mol. The molecular formula is C31H33N3O3. The molecule has 6 nitrogen and oxygen atoms in total. The van der Waals surface area contributed by atoms with Gasteiger partial charge in [-0.05, 0) is 81.5 Å². The normalized spacial score (nSPS) is 15.3. The number of aromatic nitrogens is 2. The Kier molecular flexibility index (Phi) is 6.94. The van der Waals surface area contributed by atoms with E-state index < -0.39 is 0 Å². The molecule has 6 heteroatoms. The molecule has 2 aromatic carbocycles. The number of fused-ring (bicyclic) bond motifs is 1. The van der Waals surface area contributed by atoms with E-state index in [4.69, 9.17) is 9.72 Å². The number of ether oxygens (including phenoxy) is 1. The minimum absolute atomic E-state index is 0.0489. The number of hydrogen-bond acceptors (Lipinski definition) is 4. The van der Waals surface area contributed by atoms with Crippen molar-refractivity contribution in [3.63, 3.8) is 0 Å². The van der Waals surface area contributed by atoms with Crippen LogP contribution in [0.1, 0.15) is 51.1 Å². The number of nitrogens with zero attached hydrogens (tertiary/aromatic N) is 2. The van der Waals surface area contributed by atoms with Crippen LogP contribution in [0.2, 0.25) is 0 Å². The van der Waals surface area contributed by atoms with E-state index >= 15 is 0 Å². The second-order valence-corrected chi connectivity index (χ2v) is 10.1. The molecule has 0 radical (unpaired) electrons. The van der Waals surface area contributed by atoms with Gasteiger partial charge in [0.1, 0.15) is 5.56 Å². The van der Waals surface area contributed by atoms with Gasteiger partial charge in [0.2, 0.25) is 0 Å². The Balaban J connectivity index is 1.62. The van der Waals surface area contributed by atoms with Crippen LogP contribution in [-0.4, -0.2) is 40.0 Å². The van der Waals surface area contributed by atoms with Gasteiger partial charge in [-0.1, -0.05) is 35.9 Å². The Morgan fingerprint density at radius 2 is 1.86 bits per heavy atom. The summed E-state index contributed by atoms with van der Waals surface area (Å²) in [6.45, 7) is 9.32. The number of H-pyrrole nitrogens is 1. The first-order valence-electron chi connectivity index (χ1n) is 12.9. The van der Waals surface area contributed by atoms with Crippen LogP contribution < -0.4 is 5.56 Å². The average molecular weight is 496 g/mol. The molecule has 0 saturated carbocycles. The maximum atomic E-state index is 13.9. The quantitative estimate of drug-likeness (QED) is 0.375. The molecule has 4 aromatic rings. The zero-order chi connectivity index (χ0) is 26.1. The number of carbonyl (C=O) groups excluding carboxylic acids is 1. The lowest BCUT2D eigenvalue weighted by Gasteiger charge is -2.27. The summed E-state index contributed by atoms with van der Waals surface area (Å²) >= 11 is 0. The van der Waals surface area contributed by atoms with Crippen molar-refractivity contribution in [2.24, 2.45) is 0 Å². The van der Waals surface area contributed by atoms with E-state index in [2.05, 4.69) is 49.2 Å². The molecule has 37 heavy (non-hydrogen) atoms. The van der Waals surface area contributed by atoms with E-state index in [-0.39, 0.29) is 23.1 Å². The van der Waals surface area contributed by atoms with Crippen molar-refractivity contribution in [1.82, 2.24) is 14.9 Å². The van der Waals surface area contributed by atoms with Crippen LogP contribution in [0.3, 0.4) is 0 Å². The summed E-state index contributed by atoms with van der Waals surface area (Å²) in [4.78, 5) is 36.4. The van der Waals surface area contributed by atoms with Crippen molar-refractivity contribution in [2.75, 3.05) is 13.2 Å². The molecular weight excluding hydrogens is 462 g/mol. The highest BCUT2D eigenvalue weighted by Crippen LogP contribution is 2.30. The lowest BCUT2D eigenvalue weighted by Crippen LogP contribution is -2.39. The third kappa shape index (κ3) is 5.20. The van der Waals surface area contributed by atoms with Crippen molar-refractivity contribution in [3.8, 4) is 11.3 Å². The number of benzene rings is 2. The SMILES string of the molecule is Cc1ccc2nc(-c3ccccc3C)c(CN(CC3CCCO3)C(=O)c3cc(C)c(C)[nH]c3=O)cc2c1. The number of pyridine rings is 2. The van der Waals surface area contributed by atoms with Crippen LogP contribution in [0.4, 0.5) is 0 Å². The molecule has 1 N–H and O–H groups in total. The molecule has 2 aromatic heterocycles. The first-order valence-corrected chi connectivity index (χ1v) is 12.9. The van der Waals surface area contributed by atoms with E-state index in [0.29, 0.717) is 19.7 Å². The van der Waals surface area contributed by atoms with Crippen molar-refractivity contribution in [2.45, 2.75) is 53.2 Å². The maximum absolute atomic E-state index is 13.9. The summed E-state index contributed by atoms with van der Waals surface area (Å²) in [6.07, 6.45) is 1.82. The van der Waals surface area contributed by atoms with Gasteiger partial charge in [0.15, 0.2) is 0 Å². The molecule has 1 atom stereocenters. The fourth-order valence-electron chi connectivity index (χ4n) is 5.05. The summed E-state index contributed by atoms with van der Waals surface area (Å²) < 4.78 is 5.90. The number of amides is 1. The largest absolute Gasteiger partial charge is 0.376 e. The zero-order valence-corrected chi connectivity index (χ0v) is 21.9. The number of hydrogen-bond donors (Lipinski definition) is 1. The minimum Gasteiger partial charge on any atom is -0.376 e. The van der Waals surface area contributed by atoms with Crippen LogP contribution in [-0.2, 0) is 11.3 Å². The molecule has 1 aliphatic heterocycles. The van der Waals surface area contributed by atoms with Crippen molar-refractivity contribution < 1.29 is 9.53 Å². The van der Waals surface area contributed by atoms with Crippen molar-refractivity contribution in [3.05, 3.63) is 98.5 Å². The standard InChI is InChI=1S/C31H33N3O3/c1-19-11-12-28-23(14-19)16-24(29(33-28)26-10-6-5-8-20(26)2)17-34(18-25-9-7-13-37-25)31(36)27-15-21(3)22(4)32-30(27)35/h5-6,8,10-12,14-16,25H,7,9,13,17-18H2,1-4H3,(H,32,35). The summed E-state index contributed by atoms with van der Waals surface area (Å²) in [5, 5.41) is 1.03. The van der Waals surface area contributed by atoms with E-state index in [1.165, 1.54) is 0 Å². The molecule has 3 heterocycles. The summed E-state index contributed by atoms with van der Waals surface area (Å²) in [5.41, 5.74) is 7.45. The number of aromatic amines is 1.